The van der Waals surface area contributed by atoms with Crippen LogP contribution in [0.1, 0.15) is 25.0 Å². The van der Waals surface area contributed by atoms with E-state index in [1.165, 1.54) is 23.3 Å². The second-order valence-corrected chi connectivity index (χ2v) is 4.28. The van der Waals surface area contributed by atoms with Gasteiger partial charge in [-0.25, -0.2) is 5.48 Å². The Bertz CT molecular complexity index is 563. The van der Waals surface area contributed by atoms with Gasteiger partial charge in [-0.1, -0.05) is 43.3 Å². The van der Waals surface area contributed by atoms with Crippen molar-refractivity contribution in [3.63, 3.8) is 0 Å². The lowest BCUT2D eigenvalue weighted by Crippen LogP contribution is -2.19. The highest BCUT2D eigenvalue weighted by atomic mass is 16.6. The summed E-state index contributed by atoms with van der Waals surface area (Å²) < 4.78 is 0. The monoisotopic (exact) mass is 243 g/mol. The van der Waals surface area contributed by atoms with Gasteiger partial charge in [-0.05, 0) is 28.3 Å². The molecular formula is C15H17NO2. The molecule has 0 unspecified atom stereocenters. The Hall–Kier alpha value is -1.87. The highest BCUT2D eigenvalue weighted by Crippen LogP contribution is 2.22. The molecule has 1 amide bonds. The molecule has 3 nitrogen and oxygen atoms in total. The molecule has 0 atom stereocenters. The maximum atomic E-state index is 10.8. The molecule has 0 aliphatic rings. The van der Waals surface area contributed by atoms with Crippen LogP contribution >= 0.6 is 0 Å². The first-order chi connectivity index (χ1) is 8.70. The van der Waals surface area contributed by atoms with E-state index < -0.39 is 0 Å². The third-order valence-electron chi connectivity index (χ3n) is 2.86. The highest BCUT2D eigenvalue weighted by Gasteiger charge is 2.04. The van der Waals surface area contributed by atoms with E-state index in [4.69, 9.17) is 4.84 Å². The first-order valence-corrected chi connectivity index (χ1v) is 6.09. The molecular weight excluding hydrogens is 226 g/mol. The van der Waals surface area contributed by atoms with Gasteiger partial charge in [-0.3, -0.25) is 9.63 Å². The fraction of sp³-hybridized carbons (Fsp3) is 0.267. The number of aryl methyl sites for hydroxylation is 1. The molecule has 2 rings (SSSR count). The van der Waals surface area contributed by atoms with Crippen molar-refractivity contribution >= 4 is 16.7 Å². The maximum Gasteiger partial charge on any atom is 0.240 e. The summed E-state index contributed by atoms with van der Waals surface area (Å²) in [5.74, 6) is -0.189. The molecule has 0 aliphatic heterocycles. The Kier molecular flexibility index (Phi) is 3.95. The summed E-state index contributed by atoms with van der Waals surface area (Å²) in [4.78, 5) is 16.0. The zero-order valence-corrected chi connectivity index (χ0v) is 10.7. The Labute approximate surface area is 107 Å². The Morgan fingerprint density at radius 2 is 2.06 bits per heavy atom. The number of hydrogen-bond acceptors (Lipinski definition) is 2. The van der Waals surface area contributed by atoms with E-state index in [9.17, 15) is 4.79 Å². The van der Waals surface area contributed by atoms with Gasteiger partial charge in [-0.2, -0.15) is 0 Å². The van der Waals surface area contributed by atoms with Crippen molar-refractivity contribution in [1.82, 2.24) is 5.48 Å². The molecule has 1 N–H and O–H groups in total. The van der Waals surface area contributed by atoms with Crippen molar-refractivity contribution in [3.8, 4) is 0 Å². The minimum Gasteiger partial charge on any atom is -0.273 e. The molecule has 94 valence electrons. The Morgan fingerprint density at radius 1 is 1.28 bits per heavy atom. The first-order valence-electron chi connectivity index (χ1n) is 6.09. The molecule has 0 bridgehead atoms. The fourth-order valence-corrected chi connectivity index (χ4v) is 2.00. The van der Waals surface area contributed by atoms with Crippen LogP contribution in [-0.4, -0.2) is 5.91 Å². The Morgan fingerprint density at radius 3 is 2.78 bits per heavy atom. The number of hydroxylamine groups is 1. The zero-order valence-electron chi connectivity index (χ0n) is 10.7. The number of benzene rings is 2. The highest BCUT2D eigenvalue weighted by molar-refractivity contribution is 5.86. The van der Waals surface area contributed by atoms with Gasteiger partial charge in [0.2, 0.25) is 5.91 Å². The van der Waals surface area contributed by atoms with Crippen LogP contribution in [0.4, 0.5) is 0 Å². The third-order valence-corrected chi connectivity index (χ3v) is 2.86. The number of amides is 1. The van der Waals surface area contributed by atoms with Crippen molar-refractivity contribution in [2.24, 2.45) is 0 Å². The Balaban J connectivity index is 2.31. The smallest absolute Gasteiger partial charge is 0.240 e. The number of carbonyl (C=O) groups excluding carboxylic acids is 1. The lowest BCUT2D eigenvalue weighted by atomic mass is 10.0. The predicted octanol–water partition coefficient (Wildman–Crippen LogP) is 2.97. The maximum absolute atomic E-state index is 10.8. The van der Waals surface area contributed by atoms with E-state index in [2.05, 4.69) is 36.7 Å². The van der Waals surface area contributed by atoms with Crippen LogP contribution in [0.2, 0.25) is 0 Å². The summed E-state index contributed by atoms with van der Waals surface area (Å²) in [6.07, 6.45) is 0.984. The SMILES string of the molecule is CCc1cc(CONC(C)=O)c2ccccc2c1. The second kappa shape index (κ2) is 5.65. The largest absolute Gasteiger partial charge is 0.273 e. The first kappa shape index (κ1) is 12.6. The van der Waals surface area contributed by atoms with Gasteiger partial charge in [0.05, 0.1) is 0 Å². The molecule has 2 aromatic rings. The van der Waals surface area contributed by atoms with Gasteiger partial charge in [-0.15, -0.1) is 0 Å². The van der Waals surface area contributed by atoms with E-state index in [0.29, 0.717) is 6.61 Å². The fourth-order valence-electron chi connectivity index (χ4n) is 2.00. The van der Waals surface area contributed by atoms with E-state index in [-0.39, 0.29) is 5.91 Å². The average Bonchev–Trinajstić information content (AvgIpc) is 2.38. The number of hydrogen-bond donors (Lipinski definition) is 1. The lowest BCUT2D eigenvalue weighted by molar-refractivity contribution is -0.132. The van der Waals surface area contributed by atoms with Crippen molar-refractivity contribution in [2.75, 3.05) is 0 Å². The molecule has 3 heteroatoms. The summed E-state index contributed by atoms with van der Waals surface area (Å²) in [6, 6.07) is 12.5. The molecule has 0 aromatic heterocycles. The number of carbonyl (C=O) groups is 1. The molecule has 0 saturated carbocycles. The molecule has 0 radical (unpaired) electrons. The molecule has 0 aliphatic carbocycles. The topological polar surface area (TPSA) is 38.3 Å². The van der Waals surface area contributed by atoms with Crippen LogP contribution in [0.25, 0.3) is 10.8 Å². The molecule has 0 spiro atoms. The normalized spacial score (nSPS) is 10.6. The summed E-state index contributed by atoms with van der Waals surface area (Å²) >= 11 is 0. The summed E-state index contributed by atoms with van der Waals surface area (Å²) in [6.45, 7) is 3.94. The van der Waals surface area contributed by atoms with Gasteiger partial charge in [0.25, 0.3) is 0 Å². The minimum absolute atomic E-state index is 0.189. The van der Waals surface area contributed by atoms with Gasteiger partial charge >= 0.3 is 0 Å². The van der Waals surface area contributed by atoms with Crippen LogP contribution in [0, 0.1) is 0 Å². The van der Waals surface area contributed by atoms with Crippen LogP contribution in [0.5, 0.6) is 0 Å². The van der Waals surface area contributed by atoms with E-state index in [1.807, 2.05) is 12.1 Å². The van der Waals surface area contributed by atoms with Crippen LogP contribution < -0.4 is 5.48 Å². The summed E-state index contributed by atoms with van der Waals surface area (Å²) in [5.41, 5.74) is 4.73. The van der Waals surface area contributed by atoms with Gasteiger partial charge in [0.1, 0.15) is 6.61 Å². The quantitative estimate of drug-likeness (QED) is 0.838. The molecule has 0 saturated heterocycles. The number of fused-ring (bicyclic) bond motifs is 1. The van der Waals surface area contributed by atoms with Crippen LogP contribution in [0.3, 0.4) is 0 Å². The number of nitrogens with one attached hydrogen (secondary N) is 1. The summed E-state index contributed by atoms with van der Waals surface area (Å²) in [7, 11) is 0. The van der Waals surface area contributed by atoms with Crippen molar-refractivity contribution in [1.29, 1.82) is 0 Å². The number of rotatable bonds is 4. The minimum atomic E-state index is -0.189. The van der Waals surface area contributed by atoms with Gasteiger partial charge < -0.3 is 0 Å². The standard InChI is InChI=1S/C15H17NO2/c1-3-12-8-13-6-4-5-7-15(13)14(9-12)10-18-16-11(2)17/h4-9H,3,10H2,1-2H3,(H,16,17). The molecule has 0 heterocycles. The van der Waals surface area contributed by atoms with E-state index in [0.717, 1.165) is 12.0 Å². The van der Waals surface area contributed by atoms with E-state index in [1.54, 1.807) is 0 Å². The predicted molar refractivity (Wildman–Crippen MR) is 71.9 cm³/mol. The molecule has 18 heavy (non-hydrogen) atoms. The second-order valence-electron chi connectivity index (χ2n) is 4.28. The van der Waals surface area contributed by atoms with Gasteiger partial charge in [0.15, 0.2) is 0 Å². The third kappa shape index (κ3) is 2.87. The van der Waals surface area contributed by atoms with Crippen molar-refractivity contribution < 1.29 is 9.63 Å². The van der Waals surface area contributed by atoms with E-state index >= 15 is 0 Å². The molecule has 0 fully saturated rings. The van der Waals surface area contributed by atoms with Gasteiger partial charge in [0, 0.05) is 6.92 Å². The lowest BCUT2D eigenvalue weighted by Gasteiger charge is -2.10. The zero-order chi connectivity index (χ0) is 13.0. The molecule has 2 aromatic carbocycles. The summed E-state index contributed by atoms with van der Waals surface area (Å²) in [5, 5.41) is 2.37. The van der Waals surface area contributed by atoms with Crippen molar-refractivity contribution in [3.05, 3.63) is 47.5 Å². The van der Waals surface area contributed by atoms with Crippen molar-refractivity contribution in [2.45, 2.75) is 26.9 Å². The van der Waals surface area contributed by atoms with Crippen LogP contribution in [-0.2, 0) is 22.7 Å². The average molecular weight is 243 g/mol. The van der Waals surface area contributed by atoms with Crippen LogP contribution in [0.15, 0.2) is 36.4 Å².